The summed E-state index contributed by atoms with van der Waals surface area (Å²) in [6.45, 7) is 3.75. The number of hydrogen-bond donors (Lipinski definition) is 3. The van der Waals surface area contributed by atoms with Crippen molar-refractivity contribution < 1.29 is 24.5 Å². The summed E-state index contributed by atoms with van der Waals surface area (Å²) in [5.41, 5.74) is 1.59. The molecule has 2 atom stereocenters. The van der Waals surface area contributed by atoms with E-state index < -0.39 is 22.5 Å². The molecule has 3 heterocycles. The summed E-state index contributed by atoms with van der Waals surface area (Å²) < 4.78 is 5.28. The van der Waals surface area contributed by atoms with E-state index in [9.17, 15) is 20.0 Å². The molecule has 3 N–H and O–H groups in total. The first-order valence-electron chi connectivity index (χ1n) is 9.04. The summed E-state index contributed by atoms with van der Waals surface area (Å²) in [6, 6.07) is 2.65. The maximum absolute atomic E-state index is 12.8. The van der Waals surface area contributed by atoms with Crippen LogP contribution in [-0.4, -0.2) is 31.0 Å². The molecule has 1 unspecified atom stereocenters. The molecule has 2 aromatic rings. The van der Waals surface area contributed by atoms with E-state index in [4.69, 9.17) is 4.74 Å². The van der Waals surface area contributed by atoms with E-state index in [1.807, 2.05) is 0 Å². The molecule has 0 saturated heterocycles. The lowest BCUT2D eigenvalue weighted by Crippen LogP contribution is -3.08. The topological polar surface area (TPSA) is 121 Å². The molecule has 1 aromatic carbocycles. The SMILES string of the molecule is CCOc1cc([C@H]2NC(=O)c3c(sc4c3CC[NH+](C)C4)N2)cc([N+](=O)[O-])c1[O-]. The minimum atomic E-state index is -0.768. The zero-order valence-electron chi connectivity index (χ0n) is 15.5. The fourth-order valence-corrected chi connectivity index (χ4v) is 5.06. The first-order chi connectivity index (χ1) is 13.4. The number of carbonyl (C=O) groups excluding carboxylic acids is 1. The van der Waals surface area contributed by atoms with Gasteiger partial charge in [-0.25, -0.2) is 0 Å². The smallest absolute Gasteiger partial charge is 0.265 e. The highest BCUT2D eigenvalue weighted by Crippen LogP contribution is 2.41. The number of carbonyl (C=O) groups is 1. The Morgan fingerprint density at radius 3 is 2.89 bits per heavy atom. The number of nitro benzene ring substituents is 1. The van der Waals surface area contributed by atoms with Crippen molar-refractivity contribution in [1.29, 1.82) is 0 Å². The Kier molecular flexibility index (Phi) is 4.60. The molecule has 2 aliphatic rings. The molecule has 1 aromatic heterocycles. The van der Waals surface area contributed by atoms with E-state index in [0.29, 0.717) is 11.1 Å². The van der Waals surface area contributed by atoms with Gasteiger partial charge in [-0.2, -0.15) is 0 Å². The Morgan fingerprint density at radius 1 is 1.39 bits per heavy atom. The van der Waals surface area contributed by atoms with Gasteiger partial charge in [0.05, 0.1) is 35.6 Å². The van der Waals surface area contributed by atoms with Crippen molar-refractivity contribution in [2.45, 2.75) is 26.1 Å². The quantitative estimate of drug-likeness (QED) is 0.506. The maximum atomic E-state index is 12.8. The Labute approximate surface area is 165 Å². The molecule has 1 amide bonds. The van der Waals surface area contributed by atoms with Gasteiger partial charge < -0.3 is 25.4 Å². The van der Waals surface area contributed by atoms with Crippen LogP contribution in [0.3, 0.4) is 0 Å². The van der Waals surface area contributed by atoms with E-state index in [0.717, 1.165) is 30.1 Å². The molecule has 4 rings (SSSR count). The average molecular weight is 404 g/mol. The molecule has 0 fully saturated rings. The van der Waals surface area contributed by atoms with E-state index >= 15 is 0 Å². The fourth-order valence-electron chi connectivity index (χ4n) is 3.67. The molecule has 0 spiro atoms. The van der Waals surface area contributed by atoms with Crippen LogP contribution >= 0.6 is 11.3 Å². The lowest BCUT2D eigenvalue weighted by molar-refractivity contribution is -0.895. The summed E-state index contributed by atoms with van der Waals surface area (Å²) in [7, 11) is 2.12. The first-order valence-corrected chi connectivity index (χ1v) is 9.86. The zero-order valence-corrected chi connectivity index (χ0v) is 16.3. The van der Waals surface area contributed by atoms with E-state index in [2.05, 4.69) is 17.7 Å². The largest absolute Gasteiger partial charge is 0.865 e. The average Bonchev–Trinajstić information content (AvgIpc) is 3.01. The van der Waals surface area contributed by atoms with Gasteiger partial charge in [-0.05, 0) is 18.6 Å². The standard InChI is InChI=1S/C18H20N4O5S/c1-3-27-12-7-9(6-11(15(12)23)22(25)26)16-19-17(24)14-10-4-5-21(2)8-13(10)28-18(14)20-16/h6-7,16,20,23H,3-5,8H2,1-2H3,(H,19,24)/t16-/m0/s1. The summed E-state index contributed by atoms with van der Waals surface area (Å²) in [5.74, 6) is -1.07. The number of anilines is 1. The van der Waals surface area contributed by atoms with E-state index in [1.54, 1.807) is 18.3 Å². The summed E-state index contributed by atoms with van der Waals surface area (Å²) in [5, 5.41) is 30.4. The number of nitro groups is 1. The third-order valence-electron chi connectivity index (χ3n) is 5.02. The molecular weight excluding hydrogens is 384 g/mol. The van der Waals surface area contributed by atoms with Crippen molar-refractivity contribution in [2.75, 3.05) is 25.5 Å². The monoisotopic (exact) mass is 404 g/mol. The number of quaternary nitrogens is 1. The minimum absolute atomic E-state index is 0.0933. The number of rotatable bonds is 4. The third-order valence-corrected chi connectivity index (χ3v) is 6.18. The van der Waals surface area contributed by atoms with Crippen molar-refractivity contribution >= 4 is 27.9 Å². The second-order valence-corrected chi connectivity index (χ2v) is 8.06. The molecule has 2 aliphatic heterocycles. The van der Waals surface area contributed by atoms with Crippen LogP contribution < -0.4 is 25.4 Å². The second kappa shape index (κ2) is 6.95. The number of ether oxygens (including phenoxy) is 1. The number of benzene rings is 1. The highest BCUT2D eigenvalue weighted by molar-refractivity contribution is 7.16. The normalized spacial score (nSPS) is 20.6. The van der Waals surface area contributed by atoms with Crippen LogP contribution in [0.4, 0.5) is 10.7 Å². The Hall–Kier alpha value is -2.85. The number of nitrogens with zero attached hydrogens (tertiary/aromatic N) is 1. The fraction of sp³-hybridized carbons (Fsp3) is 0.389. The first kappa shape index (κ1) is 18.5. The van der Waals surface area contributed by atoms with Crippen LogP contribution in [0.25, 0.3) is 0 Å². The molecule has 0 radical (unpaired) electrons. The Bertz CT molecular complexity index is 973. The van der Waals surface area contributed by atoms with E-state index in [1.165, 1.54) is 21.9 Å². The van der Waals surface area contributed by atoms with Crippen LogP contribution in [0, 0.1) is 10.1 Å². The van der Waals surface area contributed by atoms with Crippen LogP contribution in [0.1, 0.15) is 39.5 Å². The van der Waals surface area contributed by atoms with Crippen molar-refractivity contribution in [2.24, 2.45) is 0 Å². The lowest BCUT2D eigenvalue weighted by Gasteiger charge is -2.28. The number of likely N-dealkylation sites (N-methyl/N-ethyl adjacent to an activating group) is 1. The van der Waals surface area contributed by atoms with Gasteiger partial charge in [0.25, 0.3) is 11.6 Å². The van der Waals surface area contributed by atoms with Crippen molar-refractivity contribution in [3.8, 4) is 11.5 Å². The molecule has 0 saturated carbocycles. The van der Waals surface area contributed by atoms with Crippen molar-refractivity contribution in [3.05, 3.63) is 43.8 Å². The van der Waals surface area contributed by atoms with Crippen LogP contribution in [0.5, 0.6) is 11.5 Å². The predicted octanol–water partition coefficient (Wildman–Crippen LogP) is 0.553. The Balaban J connectivity index is 1.72. The van der Waals surface area contributed by atoms with Crippen molar-refractivity contribution in [3.63, 3.8) is 0 Å². The number of fused-ring (bicyclic) bond motifs is 3. The summed E-state index contributed by atoms with van der Waals surface area (Å²) >= 11 is 1.55. The second-order valence-electron chi connectivity index (χ2n) is 6.95. The van der Waals surface area contributed by atoms with Gasteiger partial charge in [-0.3, -0.25) is 14.9 Å². The van der Waals surface area contributed by atoms with Crippen LogP contribution in [0.2, 0.25) is 0 Å². The molecule has 0 bridgehead atoms. The van der Waals surface area contributed by atoms with Gasteiger partial charge in [0.2, 0.25) is 0 Å². The van der Waals surface area contributed by atoms with Crippen LogP contribution in [0.15, 0.2) is 12.1 Å². The predicted molar refractivity (Wildman–Crippen MR) is 101 cm³/mol. The summed E-state index contributed by atoms with van der Waals surface area (Å²) in [6.07, 6.45) is 0.168. The molecule has 10 heteroatoms. The van der Waals surface area contributed by atoms with Crippen molar-refractivity contribution in [1.82, 2.24) is 5.32 Å². The molecule has 28 heavy (non-hydrogen) atoms. The molecular formula is C18H20N4O5S. The highest BCUT2D eigenvalue weighted by atomic mass is 32.1. The number of thiophene rings is 1. The number of amides is 1. The van der Waals surface area contributed by atoms with Gasteiger partial charge in [-0.1, -0.05) is 0 Å². The lowest BCUT2D eigenvalue weighted by atomic mass is 10.0. The molecule has 148 valence electrons. The van der Waals surface area contributed by atoms with Gasteiger partial charge >= 0.3 is 0 Å². The van der Waals surface area contributed by atoms with E-state index in [-0.39, 0.29) is 18.3 Å². The summed E-state index contributed by atoms with van der Waals surface area (Å²) in [4.78, 5) is 25.9. The molecule has 9 nitrogen and oxygen atoms in total. The van der Waals surface area contributed by atoms with Gasteiger partial charge in [0.15, 0.2) is 0 Å². The Morgan fingerprint density at radius 2 is 2.18 bits per heavy atom. The van der Waals surface area contributed by atoms with Crippen LogP contribution in [-0.2, 0) is 13.0 Å². The molecule has 0 aliphatic carbocycles. The third kappa shape index (κ3) is 3.04. The zero-order chi connectivity index (χ0) is 20.0. The van der Waals surface area contributed by atoms with Gasteiger partial charge in [0.1, 0.15) is 23.5 Å². The minimum Gasteiger partial charge on any atom is -0.865 e. The maximum Gasteiger partial charge on any atom is 0.265 e. The number of hydrogen-bond acceptors (Lipinski definition) is 7. The van der Waals surface area contributed by atoms with Gasteiger partial charge in [0, 0.05) is 23.8 Å². The highest BCUT2D eigenvalue weighted by Gasteiger charge is 2.34. The number of nitrogens with one attached hydrogen (secondary N) is 3. The van der Waals surface area contributed by atoms with Gasteiger partial charge in [-0.15, -0.1) is 11.3 Å².